The van der Waals surface area contributed by atoms with E-state index in [2.05, 4.69) is 20.5 Å². The van der Waals surface area contributed by atoms with Crippen molar-refractivity contribution >= 4 is 23.4 Å². The number of carbonyl (C=O) groups is 1. The van der Waals surface area contributed by atoms with Crippen molar-refractivity contribution in [1.29, 1.82) is 0 Å². The van der Waals surface area contributed by atoms with Gasteiger partial charge in [0.1, 0.15) is 5.75 Å². The zero-order chi connectivity index (χ0) is 23.5. The van der Waals surface area contributed by atoms with E-state index in [9.17, 15) is 4.79 Å². The van der Waals surface area contributed by atoms with Gasteiger partial charge in [0.15, 0.2) is 22.5 Å². The fourth-order valence-electron chi connectivity index (χ4n) is 3.43. The summed E-state index contributed by atoms with van der Waals surface area (Å²) < 4.78 is 17.9. The molecule has 0 fully saturated rings. The molecular formula is C24H21N5O4S. The summed E-state index contributed by atoms with van der Waals surface area (Å²) in [6, 6.07) is 16.6. The number of thioether (sulfide) groups is 1. The standard InChI is InChI=1S/C24H21N5O4S/c1-15(23(30)26-17-3-8-20-21(13-17)33-14-32-20)34-24-28-27-22(16-9-11-25-12-10-16)29(24)18-4-6-19(31-2)7-5-18/h3-13,15H,14H2,1-2H3,(H,26,30)/t15-/m0/s1. The van der Waals surface area contributed by atoms with Crippen LogP contribution in [0.1, 0.15) is 6.92 Å². The third kappa shape index (κ3) is 4.40. The average Bonchev–Trinajstić information content (AvgIpc) is 3.51. The molecule has 0 saturated heterocycles. The third-order valence-corrected chi connectivity index (χ3v) is 6.24. The Morgan fingerprint density at radius 3 is 2.59 bits per heavy atom. The zero-order valence-corrected chi connectivity index (χ0v) is 19.3. The van der Waals surface area contributed by atoms with Crippen LogP contribution in [0.2, 0.25) is 0 Å². The van der Waals surface area contributed by atoms with Crippen LogP contribution in [0.15, 0.2) is 72.1 Å². The monoisotopic (exact) mass is 475 g/mol. The maximum atomic E-state index is 12.9. The first-order chi connectivity index (χ1) is 16.6. The molecule has 1 aliphatic heterocycles. The van der Waals surface area contributed by atoms with Crippen LogP contribution in [-0.4, -0.2) is 44.8 Å². The number of hydrogen-bond donors (Lipinski definition) is 1. The highest BCUT2D eigenvalue weighted by molar-refractivity contribution is 8.00. The molecule has 2 aromatic carbocycles. The van der Waals surface area contributed by atoms with Gasteiger partial charge in [-0.05, 0) is 55.5 Å². The lowest BCUT2D eigenvalue weighted by atomic mass is 10.2. The molecule has 5 rings (SSSR count). The zero-order valence-electron chi connectivity index (χ0n) is 18.5. The van der Waals surface area contributed by atoms with Gasteiger partial charge >= 0.3 is 0 Å². The summed E-state index contributed by atoms with van der Waals surface area (Å²) in [7, 11) is 1.62. The van der Waals surface area contributed by atoms with Crippen LogP contribution in [0.3, 0.4) is 0 Å². The predicted molar refractivity (Wildman–Crippen MR) is 128 cm³/mol. The predicted octanol–water partition coefficient (Wildman–Crippen LogP) is 4.19. The minimum absolute atomic E-state index is 0.168. The molecule has 2 aromatic heterocycles. The minimum Gasteiger partial charge on any atom is -0.497 e. The largest absolute Gasteiger partial charge is 0.497 e. The summed E-state index contributed by atoms with van der Waals surface area (Å²) >= 11 is 1.32. The fourth-order valence-corrected chi connectivity index (χ4v) is 4.30. The van der Waals surface area contributed by atoms with Crippen LogP contribution >= 0.6 is 11.8 Å². The maximum absolute atomic E-state index is 12.9. The van der Waals surface area contributed by atoms with Crippen LogP contribution in [0.5, 0.6) is 17.2 Å². The first-order valence-electron chi connectivity index (χ1n) is 10.5. The van der Waals surface area contributed by atoms with Gasteiger partial charge in [0.25, 0.3) is 0 Å². The molecule has 10 heteroatoms. The number of hydrogen-bond acceptors (Lipinski definition) is 8. The lowest BCUT2D eigenvalue weighted by Gasteiger charge is -2.14. The molecule has 0 unspecified atom stereocenters. The summed E-state index contributed by atoms with van der Waals surface area (Å²) in [5.74, 6) is 2.50. The Morgan fingerprint density at radius 2 is 1.82 bits per heavy atom. The second-order valence-electron chi connectivity index (χ2n) is 7.39. The Bertz CT molecular complexity index is 1310. The molecule has 1 N–H and O–H groups in total. The van der Waals surface area contributed by atoms with E-state index in [1.165, 1.54) is 11.8 Å². The van der Waals surface area contributed by atoms with Crippen LogP contribution in [0, 0.1) is 0 Å². The molecule has 9 nitrogen and oxygen atoms in total. The topological polar surface area (TPSA) is 100 Å². The van der Waals surface area contributed by atoms with E-state index in [1.54, 1.807) is 37.7 Å². The van der Waals surface area contributed by atoms with Crippen molar-refractivity contribution in [2.75, 3.05) is 19.2 Å². The third-order valence-electron chi connectivity index (χ3n) is 5.19. The van der Waals surface area contributed by atoms with Gasteiger partial charge in [-0.25, -0.2) is 0 Å². The number of nitrogens with one attached hydrogen (secondary N) is 1. The SMILES string of the molecule is COc1ccc(-n2c(S[C@@H](C)C(=O)Nc3ccc4c(c3)OCO4)nnc2-c2ccncc2)cc1. The summed E-state index contributed by atoms with van der Waals surface area (Å²) in [5.41, 5.74) is 2.35. The summed E-state index contributed by atoms with van der Waals surface area (Å²) in [6.07, 6.45) is 3.41. The van der Waals surface area contributed by atoms with E-state index in [0.29, 0.717) is 28.2 Å². The van der Waals surface area contributed by atoms with Gasteiger partial charge in [-0.15, -0.1) is 10.2 Å². The number of methoxy groups -OCH3 is 1. The van der Waals surface area contributed by atoms with E-state index in [4.69, 9.17) is 14.2 Å². The molecule has 0 spiro atoms. The first kappa shape index (κ1) is 21.8. The average molecular weight is 476 g/mol. The van der Waals surface area contributed by atoms with Crippen molar-refractivity contribution in [3.63, 3.8) is 0 Å². The number of benzene rings is 2. The van der Waals surface area contributed by atoms with Gasteiger partial charge < -0.3 is 19.5 Å². The van der Waals surface area contributed by atoms with Crippen molar-refractivity contribution in [3.8, 4) is 34.3 Å². The first-order valence-corrected chi connectivity index (χ1v) is 11.4. The number of aromatic nitrogens is 4. The molecular weight excluding hydrogens is 454 g/mol. The number of nitrogens with zero attached hydrogens (tertiary/aromatic N) is 4. The Kier molecular flexibility index (Phi) is 6.05. The molecule has 172 valence electrons. The number of ether oxygens (including phenoxy) is 3. The van der Waals surface area contributed by atoms with E-state index < -0.39 is 5.25 Å². The van der Waals surface area contributed by atoms with E-state index in [1.807, 2.05) is 47.9 Å². The maximum Gasteiger partial charge on any atom is 0.237 e. The second-order valence-corrected chi connectivity index (χ2v) is 8.70. The van der Waals surface area contributed by atoms with Gasteiger partial charge in [-0.3, -0.25) is 14.3 Å². The van der Waals surface area contributed by atoms with E-state index >= 15 is 0 Å². The van der Waals surface area contributed by atoms with Gasteiger partial charge in [-0.2, -0.15) is 0 Å². The van der Waals surface area contributed by atoms with Crippen molar-refractivity contribution in [1.82, 2.24) is 19.7 Å². The van der Waals surface area contributed by atoms with Crippen LogP contribution < -0.4 is 19.5 Å². The Balaban J connectivity index is 1.41. The van der Waals surface area contributed by atoms with Crippen molar-refractivity contribution < 1.29 is 19.0 Å². The number of pyridine rings is 1. The molecule has 1 atom stereocenters. The lowest BCUT2D eigenvalue weighted by Crippen LogP contribution is -2.22. The number of anilines is 1. The Hall–Kier alpha value is -4.05. The molecule has 0 radical (unpaired) electrons. The Morgan fingerprint density at radius 1 is 1.06 bits per heavy atom. The molecule has 1 aliphatic rings. The van der Waals surface area contributed by atoms with E-state index in [-0.39, 0.29) is 12.7 Å². The number of rotatable bonds is 7. The smallest absolute Gasteiger partial charge is 0.237 e. The lowest BCUT2D eigenvalue weighted by molar-refractivity contribution is -0.115. The van der Waals surface area contributed by atoms with Gasteiger partial charge in [0, 0.05) is 35.4 Å². The highest BCUT2D eigenvalue weighted by atomic mass is 32.2. The molecule has 34 heavy (non-hydrogen) atoms. The van der Waals surface area contributed by atoms with Crippen molar-refractivity contribution in [3.05, 3.63) is 67.0 Å². The normalized spacial score (nSPS) is 12.9. The summed E-state index contributed by atoms with van der Waals surface area (Å²) in [6.45, 7) is 2.01. The molecule has 0 aliphatic carbocycles. The van der Waals surface area contributed by atoms with Crippen LogP contribution in [-0.2, 0) is 4.79 Å². The summed E-state index contributed by atoms with van der Waals surface area (Å²) in [4.78, 5) is 17.0. The molecule has 4 aromatic rings. The van der Waals surface area contributed by atoms with Crippen molar-refractivity contribution in [2.45, 2.75) is 17.3 Å². The quantitative estimate of drug-likeness (QED) is 0.397. The highest BCUT2D eigenvalue weighted by Gasteiger charge is 2.23. The molecule has 0 bridgehead atoms. The highest BCUT2D eigenvalue weighted by Crippen LogP contribution is 2.35. The second kappa shape index (κ2) is 9.44. The number of amides is 1. The molecule has 1 amide bonds. The number of carbonyl (C=O) groups excluding carboxylic acids is 1. The van der Waals surface area contributed by atoms with Crippen molar-refractivity contribution in [2.24, 2.45) is 0 Å². The van der Waals surface area contributed by atoms with Gasteiger partial charge in [-0.1, -0.05) is 11.8 Å². The van der Waals surface area contributed by atoms with Crippen LogP contribution in [0.4, 0.5) is 5.69 Å². The number of fused-ring (bicyclic) bond motifs is 1. The van der Waals surface area contributed by atoms with Crippen LogP contribution in [0.25, 0.3) is 17.1 Å². The molecule has 0 saturated carbocycles. The molecule has 3 heterocycles. The minimum atomic E-state index is -0.447. The Labute approximate surface area is 200 Å². The van der Waals surface area contributed by atoms with Gasteiger partial charge in [0.05, 0.1) is 12.4 Å². The van der Waals surface area contributed by atoms with E-state index in [0.717, 1.165) is 17.0 Å². The summed E-state index contributed by atoms with van der Waals surface area (Å²) in [5, 5.41) is 11.9. The fraction of sp³-hybridized carbons (Fsp3) is 0.167. The van der Waals surface area contributed by atoms with Gasteiger partial charge in [0.2, 0.25) is 12.7 Å².